The average molecular weight is 217 g/mol. The Hall–Kier alpha value is -0.820. The molecule has 1 aliphatic carbocycles. The van der Waals surface area contributed by atoms with E-state index in [1.54, 1.807) is 0 Å². The van der Waals surface area contributed by atoms with Gasteiger partial charge in [0.05, 0.1) is 0 Å². The lowest BCUT2D eigenvalue weighted by atomic mass is 9.86. The van der Waals surface area contributed by atoms with Gasteiger partial charge >= 0.3 is 0 Å². The summed E-state index contributed by atoms with van der Waals surface area (Å²) in [6.45, 7) is 5.67. The smallest absolute Gasteiger partial charge is 0.0351 e. The van der Waals surface area contributed by atoms with E-state index in [9.17, 15) is 0 Å². The highest BCUT2D eigenvalue weighted by Gasteiger charge is 2.31. The molecule has 0 saturated heterocycles. The van der Waals surface area contributed by atoms with Crippen molar-refractivity contribution in [2.24, 2.45) is 11.8 Å². The summed E-state index contributed by atoms with van der Waals surface area (Å²) in [5.41, 5.74) is 1.46. The molecular weight excluding hydrogens is 194 g/mol. The highest BCUT2D eigenvalue weighted by atomic mass is 14.9. The molecule has 16 heavy (non-hydrogen) atoms. The molecule has 1 heteroatoms. The lowest BCUT2D eigenvalue weighted by Gasteiger charge is -2.28. The van der Waals surface area contributed by atoms with E-state index >= 15 is 0 Å². The predicted molar refractivity (Wildman–Crippen MR) is 69.4 cm³/mol. The maximum absolute atomic E-state index is 3.67. The van der Waals surface area contributed by atoms with Gasteiger partial charge in [-0.05, 0) is 30.4 Å². The van der Waals surface area contributed by atoms with Crippen molar-refractivity contribution in [1.82, 2.24) is 5.32 Å². The Balaban J connectivity index is 2.16. The van der Waals surface area contributed by atoms with Crippen molar-refractivity contribution in [2.45, 2.75) is 39.2 Å². The van der Waals surface area contributed by atoms with Crippen LogP contribution in [0.2, 0.25) is 0 Å². The molecular formula is C15H23N. The number of benzene rings is 1. The highest BCUT2D eigenvalue weighted by Crippen LogP contribution is 2.39. The molecule has 2 rings (SSSR count). The third-order valence-electron chi connectivity index (χ3n) is 3.94. The van der Waals surface area contributed by atoms with Gasteiger partial charge in [-0.3, -0.25) is 0 Å². The summed E-state index contributed by atoms with van der Waals surface area (Å²) >= 11 is 0. The van der Waals surface area contributed by atoms with Crippen LogP contribution in [0.3, 0.4) is 0 Å². The minimum absolute atomic E-state index is 0.559. The van der Waals surface area contributed by atoms with Crippen molar-refractivity contribution in [3.8, 4) is 0 Å². The van der Waals surface area contributed by atoms with Gasteiger partial charge < -0.3 is 5.32 Å². The number of rotatable bonds is 4. The monoisotopic (exact) mass is 217 g/mol. The van der Waals surface area contributed by atoms with Crippen LogP contribution in [-0.2, 0) is 0 Å². The van der Waals surface area contributed by atoms with Gasteiger partial charge in [0.15, 0.2) is 0 Å². The van der Waals surface area contributed by atoms with E-state index in [0.29, 0.717) is 6.04 Å². The van der Waals surface area contributed by atoms with Gasteiger partial charge in [-0.2, -0.15) is 0 Å². The molecule has 1 aromatic rings. The van der Waals surface area contributed by atoms with Crippen LogP contribution in [0.5, 0.6) is 0 Å². The zero-order valence-electron chi connectivity index (χ0n) is 10.4. The van der Waals surface area contributed by atoms with Crippen LogP contribution in [0.25, 0.3) is 0 Å². The van der Waals surface area contributed by atoms with Gasteiger partial charge in [-0.15, -0.1) is 0 Å². The van der Waals surface area contributed by atoms with Crippen LogP contribution < -0.4 is 5.32 Å². The molecule has 0 heterocycles. The molecule has 1 aliphatic rings. The summed E-state index contributed by atoms with van der Waals surface area (Å²) in [5, 5.41) is 3.67. The molecule has 1 fully saturated rings. The zero-order chi connectivity index (χ0) is 11.4. The zero-order valence-corrected chi connectivity index (χ0v) is 10.4. The Bertz CT molecular complexity index is 306. The van der Waals surface area contributed by atoms with Gasteiger partial charge in [-0.25, -0.2) is 0 Å². The van der Waals surface area contributed by atoms with Crippen molar-refractivity contribution in [1.29, 1.82) is 0 Å². The highest BCUT2D eigenvalue weighted by molar-refractivity contribution is 5.20. The summed E-state index contributed by atoms with van der Waals surface area (Å²) in [6, 6.07) is 11.5. The van der Waals surface area contributed by atoms with E-state index < -0.39 is 0 Å². The van der Waals surface area contributed by atoms with Crippen LogP contribution in [0.4, 0.5) is 0 Å². The summed E-state index contributed by atoms with van der Waals surface area (Å²) < 4.78 is 0. The normalized spacial score (nSPS) is 26.9. The number of nitrogens with one attached hydrogen (secondary N) is 1. The second kappa shape index (κ2) is 5.49. The fraction of sp³-hybridized carbons (Fsp3) is 0.600. The first kappa shape index (κ1) is 11.7. The molecule has 1 N–H and O–H groups in total. The van der Waals surface area contributed by atoms with E-state index in [2.05, 4.69) is 49.5 Å². The van der Waals surface area contributed by atoms with Crippen molar-refractivity contribution in [2.75, 3.05) is 6.54 Å². The molecule has 0 spiro atoms. The third-order valence-corrected chi connectivity index (χ3v) is 3.94. The van der Waals surface area contributed by atoms with Gasteiger partial charge in [0.25, 0.3) is 0 Å². The molecule has 1 aromatic carbocycles. The van der Waals surface area contributed by atoms with Crippen molar-refractivity contribution < 1.29 is 0 Å². The molecule has 0 radical (unpaired) electrons. The van der Waals surface area contributed by atoms with Crippen LogP contribution in [0, 0.1) is 11.8 Å². The molecule has 1 nitrogen and oxygen atoms in total. The SMILES string of the molecule is CCNC(c1ccccc1)C1CCCC1C. The van der Waals surface area contributed by atoms with E-state index in [1.807, 2.05) is 0 Å². The first-order valence-electron chi connectivity index (χ1n) is 6.61. The second-order valence-corrected chi connectivity index (χ2v) is 5.02. The molecule has 88 valence electrons. The standard InChI is InChI=1S/C15H23N/c1-3-16-15(13-9-5-4-6-10-13)14-11-7-8-12(14)2/h4-6,9-10,12,14-16H,3,7-8,11H2,1-2H3. The lowest BCUT2D eigenvalue weighted by molar-refractivity contribution is 0.305. The van der Waals surface area contributed by atoms with Crippen LogP contribution in [0.1, 0.15) is 44.7 Å². The topological polar surface area (TPSA) is 12.0 Å². The van der Waals surface area contributed by atoms with Crippen LogP contribution in [0.15, 0.2) is 30.3 Å². The fourth-order valence-electron chi connectivity index (χ4n) is 3.07. The van der Waals surface area contributed by atoms with Gasteiger partial charge in [-0.1, -0.05) is 57.0 Å². The maximum Gasteiger partial charge on any atom is 0.0351 e. The molecule has 0 aromatic heterocycles. The summed E-state index contributed by atoms with van der Waals surface area (Å²) in [7, 11) is 0. The third kappa shape index (κ3) is 2.46. The average Bonchev–Trinajstić information content (AvgIpc) is 2.73. The maximum atomic E-state index is 3.67. The van der Waals surface area contributed by atoms with E-state index in [1.165, 1.54) is 24.8 Å². The summed E-state index contributed by atoms with van der Waals surface area (Å²) in [6.07, 6.45) is 4.19. The second-order valence-electron chi connectivity index (χ2n) is 5.02. The van der Waals surface area contributed by atoms with Crippen LogP contribution in [-0.4, -0.2) is 6.54 Å². The summed E-state index contributed by atoms with van der Waals surface area (Å²) in [5.74, 6) is 1.69. The molecule has 0 aliphatic heterocycles. The minimum Gasteiger partial charge on any atom is -0.310 e. The molecule has 1 saturated carbocycles. The number of hydrogen-bond acceptors (Lipinski definition) is 1. The van der Waals surface area contributed by atoms with E-state index in [4.69, 9.17) is 0 Å². The first-order valence-corrected chi connectivity index (χ1v) is 6.61. The molecule has 3 unspecified atom stereocenters. The lowest BCUT2D eigenvalue weighted by Crippen LogP contribution is -2.29. The van der Waals surface area contributed by atoms with Crippen LogP contribution >= 0.6 is 0 Å². The molecule has 0 bridgehead atoms. The minimum atomic E-state index is 0.559. The largest absolute Gasteiger partial charge is 0.310 e. The first-order chi connectivity index (χ1) is 7.83. The van der Waals surface area contributed by atoms with Gasteiger partial charge in [0.1, 0.15) is 0 Å². The van der Waals surface area contributed by atoms with E-state index in [-0.39, 0.29) is 0 Å². The Labute approximate surface area is 99.3 Å². The molecule has 3 atom stereocenters. The Morgan fingerprint density at radius 1 is 1.25 bits per heavy atom. The predicted octanol–water partition coefficient (Wildman–Crippen LogP) is 3.77. The van der Waals surface area contributed by atoms with Crippen molar-refractivity contribution in [3.63, 3.8) is 0 Å². The van der Waals surface area contributed by atoms with E-state index in [0.717, 1.165) is 18.4 Å². The van der Waals surface area contributed by atoms with Gasteiger partial charge in [0, 0.05) is 6.04 Å². The number of hydrogen-bond donors (Lipinski definition) is 1. The van der Waals surface area contributed by atoms with Crippen molar-refractivity contribution >= 4 is 0 Å². The summed E-state index contributed by atoms with van der Waals surface area (Å²) in [4.78, 5) is 0. The van der Waals surface area contributed by atoms with Gasteiger partial charge in [0.2, 0.25) is 0 Å². The quantitative estimate of drug-likeness (QED) is 0.809. The molecule has 0 amide bonds. The Kier molecular flexibility index (Phi) is 4.00. The Morgan fingerprint density at radius 3 is 2.56 bits per heavy atom. The van der Waals surface area contributed by atoms with Crippen molar-refractivity contribution in [3.05, 3.63) is 35.9 Å². The Morgan fingerprint density at radius 2 is 2.00 bits per heavy atom. The fourth-order valence-corrected chi connectivity index (χ4v) is 3.07.